The van der Waals surface area contributed by atoms with E-state index in [1.807, 2.05) is 6.07 Å². The van der Waals surface area contributed by atoms with Gasteiger partial charge in [0.25, 0.3) is 0 Å². The summed E-state index contributed by atoms with van der Waals surface area (Å²) in [7, 11) is 0. The topological polar surface area (TPSA) is 69.6 Å². The molecule has 5 nitrogen and oxygen atoms in total. The normalized spacial score (nSPS) is 17.4. The van der Waals surface area contributed by atoms with Gasteiger partial charge in [0.05, 0.1) is 0 Å². The molecule has 0 fully saturated rings. The fraction of sp³-hybridized carbons (Fsp3) is 0.526. The fourth-order valence-electron chi connectivity index (χ4n) is 3.33. The van der Waals surface area contributed by atoms with Crippen molar-refractivity contribution < 1.29 is 0 Å². The number of nitrogens with zero attached hydrogens (tertiary/aromatic N) is 4. The summed E-state index contributed by atoms with van der Waals surface area (Å²) in [5.41, 5.74) is 11.3. The molecule has 0 atom stereocenters. The molecule has 1 aliphatic rings. The van der Waals surface area contributed by atoms with E-state index in [-0.39, 0.29) is 0 Å². The Bertz CT molecular complexity index is 798. The van der Waals surface area contributed by atoms with Crippen LogP contribution in [0.15, 0.2) is 24.3 Å². The van der Waals surface area contributed by atoms with Crippen molar-refractivity contribution in [2.45, 2.75) is 54.3 Å². The van der Waals surface area contributed by atoms with Gasteiger partial charge in [-0.1, -0.05) is 0 Å². The van der Waals surface area contributed by atoms with Crippen LogP contribution in [0.3, 0.4) is 0 Å². The van der Waals surface area contributed by atoms with Crippen LogP contribution in [0.1, 0.15) is 50.1 Å². The summed E-state index contributed by atoms with van der Waals surface area (Å²) in [4.78, 5) is 6.95. The summed E-state index contributed by atoms with van der Waals surface area (Å²) in [6, 6.07) is 6.36. The minimum atomic E-state index is -2.36. The predicted molar refractivity (Wildman–Crippen MR) is 106 cm³/mol. The molecule has 0 unspecified atom stereocenters. The Balaban J connectivity index is 1.88. The molecule has 0 saturated carbocycles. The van der Waals surface area contributed by atoms with Crippen LogP contribution in [-0.4, -0.2) is 37.1 Å². The minimum absolute atomic E-state index is 0.400. The molecular formula is C19H29N5Sn. The number of rotatable bonds is 4. The molecular weight excluding hydrogens is 417 g/mol. The number of hydrogen-bond donors (Lipinski definition) is 1. The van der Waals surface area contributed by atoms with E-state index in [0.29, 0.717) is 5.41 Å². The summed E-state index contributed by atoms with van der Waals surface area (Å²) < 4.78 is 2.10. The number of nitrogen functional groups attached to an aromatic ring is 1. The molecule has 1 aromatic heterocycles. The molecule has 0 radical (unpaired) electrons. The van der Waals surface area contributed by atoms with Gasteiger partial charge in [0, 0.05) is 0 Å². The number of aromatic nitrogens is 4. The average Bonchev–Trinajstić information content (AvgIpc) is 2.98. The number of tetrazole rings is 1. The van der Waals surface area contributed by atoms with Gasteiger partial charge in [0.15, 0.2) is 0 Å². The third-order valence-electron chi connectivity index (χ3n) is 4.97. The van der Waals surface area contributed by atoms with Gasteiger partial charge in [0.2, 0.25) is 0 Å². The van der Waals surface area contributed by atoms with Gasteiger partial charge < -0.3 is 0 Å². The zero-order valence-corrected chi connectivity index (χ0v) is 18.9. The maximum absolute atomic E-state index is 6.28. The van der Waals surface area contributed by atoms with E-state index < -0.39 is 18.7 Å². The van der Waals surface area contributed by atoms with Crippen LogP contribution in [0.5, 0.6) is 0 Å². The van der Waals surface area contributed by atoms with Crippen LogP contribution < -0.4 is 5.73 Å². The van der Waals surface area contributed by atoms with Gasteiger partial charge in [-0.05, 0) is 0 Å². The molecule has 0 saturated heterocycles. The van der Waals surface area contributed by atoms with E-state index in [1.165, 1.54) is 23.1 Å². The summed E-state index contributed by atoms with van der Waals surface area (Å²) in [5.74, 6) is 0.970. The molecule has 1 heterocycles. The third kappa shape index (κ3) is 4.24. The molecule has 0 spiro atoms. The standard InChI is InChI=1S/C16H20N5.3CH3.Sn/c1-16(2)7-5-12(6-8-16)13-9-11(3-4-14(13)17)10-15-18-20-21-19-15;;;;/h3-5,9H,6-8,10,17H2,1-2H3;3*1H3;/q-1;;;;+1. The molecule has 1 aromatic carbocycles. The van der Waals surface area contributed by atoms with E-state index in [2.05, 4.69) is 65.3 Å². The van der Waals surface area contributed by atoms with Crippen LogP contribution in [0.25, 0.3) is 5.57 Å². The summed E-state index contributed by atoms with van der Waals surface area (Å²) in [5, 5.41) is 12.4. The number of anilines is 1. The molecule has 1 aliphatic carbocycles. The van der Waals surface area contributed by atoms with E-state index in [9.17, 15) is 0 Å². The number of nitrogens with two attached hydrogens (primary N) is 1. The van der Waals surface area contributed by atoms with E-state index in [1.54, 1.807) is 0 Å². The Morgan fingerprint density at radius 2 is 2.00 bits per heavy atom. The first-order chi connectivity index (χ1) is 11.7. The van der Waals surface area contributed by atoms with Crippen LogP contribution >= 0.6 is 0 Å². The Hall–Kier alpha value is -1.37. The van der Waals surface area contributed by atoms with Gasteiger partial charge in [-0.15, -0.1) is 0 Å². The summed E-state index contributed by atoms with van der Waals surface area (Å²) in [6.45, 7) is 4.66. The second-order valence-electron chi connectivity index (χ2n) is 8.87. The number of benzene rings is 1. The second-order valence-corrected chi connectivity index (χ2v) is 22.5. The van der Waals surface area contributed by atoms with E-state index in [0.717, 1.165) is 30.8 Å². The maximum atomic E-state index is 6.28. The zero-order chi connectivity index (χ0) is 18.2. The van der Waals surface area contributed by atoms with Crippen molar-refractivity contribution >= 4 is 29.9 Å². The van der Waals surface area contributed by atoms with E-state index in [4.69, 9.17) is 5.73 Å². The van der Waals surface area contributed by atoms with Crippen molar-refractivity contribution in [3.8, 4) is 0 Å². The molecule has 25 heavy (non-hydrogen) atoms. The van der Waals surface area contributed by atoms with Crippen LogP contribution in [0, 0.1) is 5.41 Å². The van der Waals surface area contributed by atoms with Crippen LogP contribution in [-0.2, 0) is 6.42 Å². The van der Waals surface area contributed by atoms with Gasteiger partial charge >= 0.3 is 155 Å². The van der Waals surface area contributed by atoms with Crippen molar-refractivity contribution in [1.29, 1.82) is 0 Å². The molecule has 6 heteroatoms. The fourth-order valence-corrected chi connectivity index (χ4v) is 6.78. The van der Waals surface area contributed by atoms with Gasteiger partial charge in [-0.3, -0.25) is 0 Å². The Morgan fingerprint density at radius 3 is 2.64 bits per heavy atom. The first kappa shape index (κ1) is 18.4. The molecule has 3 rings (SSSR count). The summed E-state index contributed by atoms with van der Waals surface area (Å²) in [6.07, 6.45) is 6.54. The molecule has 0 bridgehead atoms. The van der Waals surface area contributed by atoms with Gasteiger partial charge in [-0.2, -0.15) is 0 Å². The quantitative estimate of drug-likeness (QED) is 0.567. The predicted octanol–water partition coefficient (Wildman–Crippen LogP) is 4.12. The van der Waals surface area contributed by atoms with Crippen molar-refractivity contribution in [3.05, 3.63) is 41.2 Å². The Kier molecular flexibility index (Phi) is 4.97. The summed E-state index contributed by atoms with van der Waals surface area (Å²) >= 11 is -2.36. The van der Waals surface area contributed by atoms with Crippen molar-refractivity contribution in [2.24, 2.45) is 5.41 Å². The average molecular weight is 446 g/mol. The first-order valence-corrected chi connectivity index (χ1v) is 18.9. The molecule has 0 amide bonds. The van der Waals surface area contributed by atoms with Crippen LogP contribution in [0.4, 0.5) is 5.69 Å². The van der Waals surface area contributed by atoms with Gasteiger partial charge in [0.1, 0.15) is 0 Å². The zero-order valence-electron chi connectivity index (χ0n) is 16.0. The van der Waals surface area contributed by atoms with Crippen molar-refractivity contribution in [3.63, 3.8) is 0 Å². The Labute approximate surface area is 154 Å². The molecule has 0 aliphatic heterocycles. The molecule has 2 aromatic rings. The van der Waals surface area contributed by atoms with Gasteiger partial charge in [-0.25, -0.2) is 0 Å². The molecule has 134 valence electrons. The van der Waals surface area contributed by atoms with Crippen LogP contribution in [0.2, 0.25) is 14.8 Å². The SMILES string of the molecule is CC1(C)CC=C(c2cc(Cc3nnn[n]3[Sn]([CH3])([CH3])[CH3])ccc2N)CC1. The Morgan fingerprint density at radius 1 is 1.24 bits per heavy atom. The third-order valence-corrected chi connectivity index (χ3v) is 9.59. The second kappa shape index (κ2) is 6.74. The van der Waals surface area contributed by atoms with Crippen molar-refractivity contribution in [1.82, 2.24) is 18.4 Å². The number of allylic oxidation sites excluding steroid dienone is 2. The molecule has 2 N–H and O–H groups in total. The van der Waals surface area contributed by atoms with Crippen molar-refractivity contribution in [2.75, 3.05) is 5.73 Å². The first-order valence-electron chi connectivity index (χ1n) is 9.01. The number of hydrogen-bond acceptors (Lipinski definition) is 4. The monoisotopic (exact) mass is 447 g/mol. The van der Waals surface area contributed by atoms with E-state index >= 15 is 0 Å².